The van der Waals surface area contributed by atoms with Crippen molar-refractivity contribution in [1.29, 1.82) is 0 Å². The standard InChI is InChI=1S/C24H28N2O2/c1-17-6-4-5-7-20(17)15-25-8-10-26(11-9-25)16-21-14-24(27)28-23-13-19(3)18(2)12-22(21)23/h4-7,12-14H,8-11,15-16H2,1-3H3/p+2. The van der Waals surface area contributed by atoms with Crippen molar-refractivity contribution in [3.8, 4) is 0 Å². The Bertz CT molecular complexity index is 1050. The van der Waals surface area contributed by atoms with E-state index >= 15 is 0 Å². The number of piperazine rings is 1. The maximum Gasteiger partial charge on any atom is 0.336 e. The third-order valence-corrected chi connectivity index (χ3v) is 6.25. The van der Waals surface area contributed by atoms with E-state index in [2.05, 4.69) is 51.1 Å². The molecule has 2 aromatic carbocycles. The highest BCUT2D eigenvalue weighted by molar-refractivity contribution is 5.81. The molecule has 1 aliphatic rings. The largest absolute Gasteiger partial charge is 0.423 e. The van der Waals surface area contributed by atoms with E-state index in [4.69, 9.17) is 4.42 Å². The van der Waals surface area contributed by atoms with Crippen LogP contribution < -0.4 is 15.4 Å². The van der Waals surface area contributed by atoms with Gasteiger partial charge >= 0.3 is 5.63 Å². The Hall–Kier alpha value is -2.43. The molecule has 0 atom stereocenters. The van der Waals surface area contributed by atoms with Crippen LogP contribution in [0.4, 0.5) is 0 Å². The second kappa shape index (κ2) is 7.90. The lowest BCUT2D eigenvalue weighted by Crippen LogP contribution is -3.27. The van der Waals surface area contributed by atoms with Gasteiger partial charge in [-0.3, -0.25) is 0 Å². The molecule has 4 nitrogen and oxygen atoms in total. The van der Waals surface area contributed by atoms with Crippen molar-refractivity contribution in [3.05, 3.63) is 80.7 Å². The highest BCUT2D eigenvalue weighted by atomic mass is 16.4. The molecule has 3 aromatic rings. The first kappa shape index (κ1) is 18.9. The van der Waals surface area contributed by atoms with Gasteiger partial charge in [-0.05, 0) is 49.6 Å². The molecule has 0 unspecified atom stereocenters. The van der Waals surface area contributed by atoms with Crippen molar-refractivity contribution in [2.75, 3.05) is 26.2 Å². The van der Waals surface area contributed by atoms with Gasteiger partial charge in [0, 0.05) is 22.6 Å². The minimum Gasteiger partial charge on any atom is -0.423 e. The van der Waals surface area contributed by atoms with Crippen molar-refractivity contribution in [1.82, 2.24) is 0 Å². The molecule has 146 valence electrons. The summed E-state index contributed by atoms with van der Waals surface area (Å²) in [5, 5.41) is 1.09. The molecule has 0 saturated carbocycles. The molecule has 0 bridgehead atoms. The number of hydrogen-bond acceptors (Lipinski definition) is 2. The summed E-state index contributed by atoms with van der Waals surface area (Å²) in [6.07, 6.45) is 0. The number of hydrogen-bond donors (Lipinski definition) is 2. The zero-order chi connectivity index (χ0) is 19.7. The Morgan fingerprint density at radius 1 is 0.786 bits per heavy atom. The second-order valence-electron chi connectivity index (χ2n) is 8.30. The van der Waals surface area contributed by atoms with Crippen molar-refractivity contribution in [3.63, 3.8) is 0 Å². The SMILES string of the molecule is Cc1cc2oc(=O)cc(C[NH+]3CC[NH+](Cc4ccccc4C)CC3)c2cc1C. The van der Waals surface area contributed by atoms with Crippen molar-refractivity contribution >= 4 is 11.0 Å². The van der Waals surface area contributed by atoms with Crippen LogP contribution in [0.2, 0.25) is 0 Å². The fourth-order valence-corrected chi connectivity index (χ4v) is 4.29. The van der Waals surface area contributed by atoms with Crippen molar-refractivity contribution in [2.45, 2.75) is 33.9 Å². The zero-order valence-electron chi connectivity index (χ0n) is 17.1. The van der Waals surface area contributed by atoms with Gasteiger partial charge in [0.1, 0.15) is 44.9 Å². The number of fused-ring (bicyclic) bond motifs is 1. The molecule has 1 aromatic heterocycles. The summed E-state index contributed by atoms with van der Waals surface area (Å²) >= 11 is 0. The predicted octanol–water partition coefficient (Wildman–Crippen LogP) is 1.20. The predicted molar refractivity (Wildman–Crippen MR) is 112 cm³/mol. The van der Waals surface area contributed by atoms with E-state index in [1.807, 2.05) is 6.07 Å². The molecular formula is C24H30N2O2+2. The number of rotatable bonds is 4. The molecule has 0 spiro atoms. The number of nitrogens with one attached hydrogen (secondary N) is 2. The van der Waals surface area contributed by atoms with Gasteiger partial charge in [-0.15, -0.1) is 0 Å². The Morgan fingerprint density at radius 2 is 1.39 bits per heavy atom. The normalized spacial score (nSPS) is 19.8. The third kappa shape index (κ3) is 4.03. The van der Waals surface area contributed by atoms with Crippen LogP contribution in [-0.2, 0) is 13.1 Å². The first-order valence-electron chi connectivity index (χ1n) is 10.3. The lowest BCUT2D eigenvalue weighted by Gasteiger charge is -2.30. The van der Waals surface area contributed by atoms with Crippen LogP contribution in [0.25, 0.3) is 11.0 Å². The van der Waals surface area contributed by atoms with E-state index in [0.29, 0.717) is 5.58 Å². The smallest absolute Gasteiger partial charge is 0.336 e. The Morgan fingerprint density at radius 3 is 2.07 bits per heavy atom. The molecule has 1 saturated heterocycles. The first-order chi connectivity index (χ1) is 13.5. The first-order valence-corrected chi connectivity index (χ1v) is 10.3. The molecule has 0 radical (unpaired) electrons. The second-order valence-corrected chi connectivity index (χ2v) is 8.30. The van der Waals surface area contributed by atoms with Crippen LogP contribution in [-0.4, -0.2) is 26.2 Å². The fourth-order valence-electron chi connectivity index (χ4n) is 4.29. The fraction of sp³-hybridized carbons (Fsp3) is 0.375. The van der Waals surface area contributed by atoms with Crippen molar-refractivity contribution < 1.29 is 14.2 Å². The summed E-state index contributed by atoms with van der Waals surface area (Å²) in [6.45, 7) is 13.0. The van der Waals surface area contributed by atoms with Gasteiger partial charge in [-0.2, -0.15) is 0 Å². The number of benzene rings is 2. The van der Waals surface area contributed by atoms with E-state index in [1.54, 1.807) is 15.9 Å². The maximum absolute atomic E-state index is 12.0. The monoisotopic (exact) mass is 378 g/mol. The third-order valence-electron chi connectivity index (χ3n) is 6.25. The van der Waals surface area contributed by atoms with Gasteiger partial charge in [-0.1, -0.05) is 24.3 Å². The maximum atomic E-state index is 12.0. The van der Waals surface area contributed by atoms with Crippen LogP contribution in [0.15, 0.2) is 51.7 Å². The summed E-state index contributed by atoms with van der Waals surface area (Å²) in [5.74, 6) is 0. The topological polar surface area (TPSA) is 39.1 Å². The molecule has 0 aliphatic carbocycles. The molecule has 4 rings (SSSR count). The molecule has 28 heavy (non-hydrogen) atoms. The Kier molecular flexibility index (Phi) is 5.33. The molecule has 1 aliphatic heterocycles. The van der Waals surface area contributed by atoms with Crippen molar-refractivity contribution in [2.24, 2.45) is 0 Å². The van der Waals surface area contributed by atoms with E-state index in [9.17, 15) is 4.79 Å². The molecule has 2 heterocycles. The van der Waals surface area contributed by atoms with Gasteiger partial charge in [-0.25, -0.2) is 4.79 Å². The average molecular weight is 379 g/mol. The number of aryl methyl sites for hydroxylation is 3. The lowest BCUT2D eigenvalue weighted by atomic mass is 10.0. The molecule has 0 amide bonds. The van der Waals surface area contributed by atoms with E-state index in [-0.39, 0.29) is 5.63 Å². The molecule has 1 fully saturated rings. The van der Waals surface area contributed by atoms with Gasteiger partial charge in [0.15, 0.2) is 0 Å². The highest BCUT2D eigenvalue weighted by Crippen LogP contribution is 2.21. The summed E-state index contributed by atoms with van der Waals surface area (Å²) < 4.78 is 5.45. The minimum absolute atomic E-state index is 0.242. The van der Waals surface area contributed by atoms with Gasteiger partial charge < -0.3 is 14.2 Å². The van der Waals surface area contributed by atoms with Gasteiger partial charge in [0.05, 0.1) is 0 Å². The van der Waals surface area contributed by atoms with Crippen LogP contribution in [0.1, 0.15) is 27.8 Å². The lowest BCUT2D eigenvalue weighted by molar-refractivity contribution is -1.02. The van der Waals surface area contributed by atoms with Gasteiger partial charge in [0.25, 0.3) is 0 Å². The summed E-state index contributed by atoms with van der Waals surface area (Å²) in [7, 11) is 0. The summed E-state index contributed by atoms with van der Waals surface area (Å²) in [4.78, 5) is 15.3. The van der Waals surface area contributed by atoms with E-state index < -0.39 is 0 Å². The molecule has 4 heteroatoms. The van der Waals surface area contributed by atoms with E-state index in [1.165, 1.54) is 29.8 Å². The Labute approximate surface area is 166 Å². The minimum atomic E-state index is -0.242. The van der Waals surface area contributed by atoms with Crippen LogP contribution in [0, 0.1) is 20.8 Å². The average Bonchev–Trinajstić information content (AvgIpc) is 2.67. The highest BCUT2D eigenvalue weighted by Gasteiger charge is 2.24. The molecule has 2 N–H and O–H groups in total. The van der Waals surface area contributed by atoms with Crippen LogP contribution >= 0.6 is 0 Å². The molecular weight excluding hydrogens is 348 g/mol. The summed E-state index contributed by atoms with van der Waals surface area (Å²) in [6, 6.07) is 14.6. The van der Waals surface area contributed by atoms with Gasteiger partial charge in [0.2, 0.25) is 0 Å². The Balaban J connectivity index is 1.46. The zero-order valence-corrected chi connectivity index (χ0v) is 17.1. The summed E-state index contributed by atoms with van der Waals surface area (Å²) in [5.41, 5.74) is 6.84. The van der Waals surface area contributed by atoms with Crippen LogP contribution in [0.3, 0.4) is 0 Å². The van der Waals surface area contributed by atoms with Crippen LogP contribution in [0.5, 0.6) is 0 Å². The quantitative estimate of drug-likeness (QED) is 0.670. The van der Waals surface area contributed by atoms with E-state index in [0.717, 1.165) is 42.7 Å². The number of quaternary nitrogens is 2.